The number of nitrogens with zero attached hydrogens (tertiary/aromatic N) is 4. The second-order valence-electron chi connectivity index (χ2n) is 6.99. The molecule has 3 aromatic rings. The quantitative estimate of drug-likeness (QED) is 0.698. The van der Waals surface area contributed by atoms with Gasteiger partial charge in [0.25, 0.3) is 0 Å². The van der Waals surface area contributed by atoms with Gasteiger partial charge in [-0.1, -0.05) is 12.1 Å². The monoisotopic (exact) mass is 395 g/mol. The van der Waals surface area contributed by atoms with E-state index < -0.39 is 0 Å². The summed E-state index contributed by atoms with van der Waals surface area (Å²) in [6.07, 6.45) is 4.52. The van der Waals surface area contributed by atoms with Crippen LogP contribution in [0.15, 0.2) is 59.6 Å². The highest BCUT2D eigenvalue weighted by atomic mass is 32.1. The summed E-state index contributed by atoms with van der Waals surface area (Å²) in [6, 6.07) is 12.4. The average Bonchev–Trinajstić information content (AvgIpc) is 3.43. The first kappa shape index (κ1) is 18.7. The number of rotatable bonds is 6. The summed E-state index contributed by atoms with van der Waals surface area (Å²) in [7, 11) is 0. The zero-order valence-electron chi connectivity index (χ0n) is 15.8. The Bertz CT molecular complexity index is 853. The lowest BCUT2D eigenvalue weighted by Gasteiger charge is -2.34. The lowest BCUT2D eigenvalue weighted by atomic mass is 10.1. The third-order valence-electron chi connectivity index (χ3n) is 5.04. The molecular formula is C21H25N5OS. The number of aromatic nitrogens is 2. The van der Waals surface area contributed by atoms with E-state index in [-0.39, 0.29) is 6.03 Å². The summed E-state index contributed by atoms with van der Waals surface area (Å²) in [5, 5.41) is 11.6. The molecule has 0 radical (unpaired) electrons. The molecule has 6 nitrogen and oxygen atoms in total. The number of hydrogen-bond acceptors (Lipinski definition) is 4. The Morgan fingerprint density at radius 1 is 1.07 bits per heavy atom. The van der Waals surface area contributed by atoms with Gasteiger partial charge < -0.3 is 10.2 Å². The van der Waals surface area contributed by atoms with E-state index in [0.717, 1.165) is 44.8 Å². The molecule has 1 saturated heterocycles. The minimum absolute atomic E-state index is 0.0448. The van der Waals surface area contributed by atoms with E-state index in [0.29, 0.717) is 6.54 Å². The number of piperazine rings is 1. The van der Waals surface area contributed by atoms with Crippen LogP contribution in [0.3, 0.4) is 0 Å². The number of benzene rings is 1. The van der Waals surface area contributed by atoms with Gasteiger partial charge in [-0.25, -0.2) is 9.48 Å². The number of thiophene rings is 1. The first-order chi connectivity index (χ1) is 13.8. The zero-order chi connectivity index (χ0) is 19.2. The normalized spacial score (nSPS) is 14.9. The predicted octanol–water partition coefficient (Wildman–Crippen LogP) is 3.00. The maximum atomic E-state index is 12.4. The van der Waals surface area contributed by atoms with Gasteiger partial charge in [0.15, 0.2) is 0 Å². The summed E-state index contributed by atoms with van der Waals surface area (Å²) in [5.41, 5.74) is 3.61. The molecule has 0 aliphatic carbocycles. The SMILES string of the molecule is O=C(NCCc1ccc(-n2cccn2)cc1)N1CCN(Cc2ccsc2)CC1. The Labute approximate surface area is 169 Å². The van der Waals surface area contributed by atoms with Crippen LogP contribution in [0, 0.1) is 0 Å². The van der Waals surface area contributed by atoms with Crippen molar-refractivity contribution >= 4 is 17.4 Å². The molecule has 3 heterocycles. The fraction of sp³-hybridized carbons (Fsp3) is 0.333. The molecule has 146 valence electrons. The van der Waals surface area contributed by atoms with Crippen LogP contribution >= 0.6 is 11.3 Å². The van der Waals surface area contributed by atoms with E-state index in [2.05, 4.69) is 56.4 Å². The van der Waals surface area contributed by atoms with Crippen molar-refractivity contribution in [2.45, 2.75) is 13.0 Å². The fourth-order valence-electron chi connectivity index (χ4n) is 3.41. The molecule has 2 aromatic heterocycles. The lowest BCUT2D eigenvalue weighted by Crippen LogP contribution is -2.51. The van der Waals surface area contributed by atoms with Crippen molar-refractivity contribution in [3.63, 3.8) is 0 Å². The van der Waals surface area contributed by atoms with Crippen LogP contribution < -0.4 is 5.32 Å². The molecular weight excluding hydrogens is 370 g/mol. The van der Waals surface area contributed by atoms with Gasteiger partial charge in [0, 0.05) is 51.7 Å². The Morgan fingerprint density at radius 2 is 1.89 bits per heavy atom. The van der Waals surface area contributed by atoms with Crippen molar-refractivity contribution in [3.8, 4) is 5.69 Å². The number of carbonyl (C=O) groups excluding carboxylic acids is 1. The van der Waals surface area contributed by atoms with Crippen molar-refractivity contribution in [2.75, 3.05) is 32.7 Å². The maximum Gasteiger partial charge on any atom is 0.317 e. The molecule has 1 aliphatic heterocycles. The van der Waals surface area contributed by atoms with E-state index in [1.807, 2.05) is 21.8 Å². The van der Waals surface area contributed by atoms with E-state index in [1.54, 1.807) is 17.5 Å². The molecule has 1 fully saturated rings. The molecule has 7 heteroatoms. The second kappa shape index (κ2) is 9.03. The van der Waals surface area contributed by atoms with Gasteiger partial charge in [-0.05, 0) is 52.6 Å². The highest BCUT2D eigenvalue weighted by Gasteiger charge is 2.20. The van der Waals surface area contributed by atoms with Crippen LogP contribution in [0.1, 0.15) is 11.1 Å². The Hall–Kier alpha value is -2.64. The topological polar surface area (TPSA) is 53.4 Å². The van der Waals surface area contributed by atoms with E-state index in [1.165, 1.54) is 11.1 Å². The zero-order valence-corrected chi connectivity index (χ0v) is 16.6. The van der Waals surface area contributed by atoms with Crippen molar-refractivity contribution < 1.29 is 4.79 Å². The molecule has 0 bridgehead atoms. The van der Waals surface area contributed by atoms with Gasteiger partial charge in [-0.3, -0.25) is 4.90 Å². The number of hydrogen-bond donors (Lipinski definition) is 1. The average molecular weight is 396 g/mol. The minimum atomic E-state index is 0.0448. The van der Waals surface area contributed by atoms with Crippen molar-refractivity contribution in [1.82, 2.24) is 24.9 Å². The molecule has 1 aromatic carbocycles. The van der Waals surface area contributed by atoms with E-state index in [4.69, 9.17) is 0 Å². The van der Waals surface area contributed by atoms with Crippen LogP contribution in [0.25, 0.3) is 5.69 Å². The molecule has 1 aliphatic rings. The maximum absolute atomic E-state index is 12.4. The van der Waals surface area contributed by atoms with Crippen LogP contribution in [0.4, 0.5) is 4.79 Å². The standard InChI is InChI=1S/C21H25N5OS/c27-21(25-13-11-24(12-14-25)16-19-7-15-28-17-19)22-9-6-18-2-4-20(5-3-18)26-10-1-8-23-26/h1-5,7-8,10,15,17H,6,9,11-14,16H2,(H,22,27). The highest BCUT2D eigenvalue weighted by molar-refractivity contribution is 7.07. The van der Waals surface area contributed by atoms with Crippen molar-refractivity contribution in [3.05, 3.63) is 70.7 Å². The van der Waals surface area contributed by atoms with Gasteiger partial charge in [-0.15, -0.1) is 0 Å². The van der Waals surface area contributed by atoms with Gasteiger partial charge in [0.05, 0.1) is 5.69 Å². The third-order valence-corrected chi connectivity index (χ3v) is 5.77. The van der Waals surface area contributed by atoms with E-state index in [9.17, 15) is 4.79 Å². The number of carbonyl (C=O) groups is 1. The van der Waals surface area contributed by atoms with Crippen LogP contribution in [0.5, 0.6) is 0 Å². The van der Waals surface area contributed by atoms with Crippen LogP contribution in [0.2, 0.25) is 0 Å². The van der Waals surface area contributed by atoms with Gasteiger partial charge in [0.2, 0.25) is 0 Å². The predicted molar refractivity (Wildman–Crippen MR) is 112 cm³/mol. The molecule has 28 heavy (non-hydrogen) atoms. The summed E-state index contributed by atoms with van der Waals surface area (Å²) < 4.78 is 1.84. The largest absolute Gasteiger partial charge is 0.338 e. The first-order valence-electron chi connectivity index (χ1n) is 9.63. The molecule has 1 N–H and O–H groups in total. The van der Waals surface area contributed by atoms with Crippen molar-refractivity contribution in [2.24, 2.45) is 0 Å². The third kappa shape index (κ3) is 4.79. The smallest absolute Gasteiger partial charge is 0.317 e. The molecule has 4 rings (SSSR count). The van der Waals surface area contributed by atoms with E-state index >= 15 is 0 Å². The minimum Gasteiger partial charge on any atom is -0.338 e. The van der Waals surface area contributed by atoms with Gasteiger partial charge >= 0.3 is 6.03 Å². The summed E-state index contributed by atoms with van der Waals surface area (Å²) in [5.74, 6) is 0. The molecule has 0 unspecified atom stereocenters. The van der Waals surface area contributed by atoms with Crippen molar-refractivity contribution in [1.29, 1.82) is 0 Å². The Morgan fingerprint density at radius 3 is 2.57 bits per heavy atom. The number of nitrogens with one attached hydrogen (secondary N) is 1. The second-order valence-corrected chi connectivity index (χ2v) is 7.77. The molecule has 0 saturated carbocycles. The summed E-state index contributed by atoms with van der Waals surface area (Å²) in [4.78, 5) is 16.7. The van der Waals surface area contributed by atoms with Gasteiger partial charge in [0.1, 0.15) is 0 Å². The van der Waals surface area contributed by atoms with Crippen LogP contribution in [-0.4, -0.2) is 58.3 Å². The Kier molecular flexibility index (Phi) is 6.04. The molecule has 0 atom stereocenters. The molecule has 2 amide bonds. The van der Waals surface area contributed by atoms with Crippen LogP contribution in [-0.2, 0) is 13.0 Å². The number of urea groups is 1. The van der Waals surface area contributed by atoms with Gasteiger partial charge in [-0.2, -0.15) is 16.4 Å². The first-order valence-corrected chi connectivity index (χ1v) is 10.6. The summed E-state index contributed by atoms with van der Waals surface area (Å²) >= 11 is 1.74. The highest BCUT2D eigenvalue weighted by Crippen LogP contribution is 2.12. The Balaban J connectivity index is 1.18. The lowest BCUT2D eigenvalue weighted by molar-refractivity contribution is 0.135. The number of amides is 2. The fourth-order valence-corrected chi connectivity index (χ4v) is 4.07. The molecule has 0 spiro atoms. The summed E-state index contributed by atoms with van der Waals surface area (Å²) in [6.45, 7) is 5.06.